The molecule has 0 amide bonds. The van der Waals surface area contributed by atoms with Gasteiger partial charge in [-0.25, -0.2) is 0 Å². The molecule has 100 valence electrons. The maximum atomic E-state index is 5.91. The molecule has 1 aromatic heterocycles. The van der Waals surface area contributed by atoms with Gasteiger partial charge in [0, 0.05) is 24.1 Å². The number of thioether (sulfide) groups is 1. The number of anilines is 1. The highest BCUT2D eigenvalue weighted by atomic mass is 35.5. The zero-order valence-electron chi connectivity index (χ0n) is 10.8. The molecule has 1 aliphatic heterocycles. The van der Waals surface area contributed by atoms with E-state index in [9.17, 15) is 0 Å². The van der Waals surface area contributed by atoms with Gasteiger partial charge in [-0.15, -0.1) is 0 Å². The third kappa shape index (κ3) is 3.62. The summed E-state index contributed by atoms with van der Waals surface area (Å²) in [6.45, 7) is 7.90. The van der Waals surface area contributed by atoms with Crippen LogP contribution in [0, 0.1) is 0 Å². The lowest BCUT2D eigenvalue weighted by Crippen LogP contribution is -2.37. The molecule has 0 aromatic carbocycles. The van der Waals surface area contributed by atoms with Crippen LogP contribution < -0.4 is 9.64 Å². The molecule has 5 nitrogen and oxygen atoms in total. The van der Waals surface area contributed by atoms with E-state index in [4.69, 9.17) is 16.3 Å². The largest absolute Gasteiger partial charge is 0.461 e. The van der Waals surface area contributed by atoms with Gasteiger partial charge in [0.25, 0.3) is 0 Å². The highest BCUT2D eigenvalue weighted by Gasteiger charge is 2.20. The van der Waals surface area contributed by atoms with Crippen molar-refractivity contribution in [1.29, 1.82) is 0 Å². The Hall–Kier alpha value is -0.750. The average Bonchev–Trinajstić information content (AvgIpc) is 2.27. The van der Waals surface area contributed by atoms with Crippen molar-refractivity contribution >= 4 is 29.3 Å². The maximum absolute atomic E-state index is 5.91. The number of halogens is 1. The van der Waals surface area contributed by atoms with Crippen LogP contribution in [0.5, 0.6) is 6.01 Å². The fourth-order valence-corrected chi connectivity index (χ4v) is 2.89. The Morgan fingerprint density at radius 2 is 2.17 bits per heavy atom. The molecule has 0 bridgehead atoms. The van der Waals surface area contributed by atoms with E-state index < -0.39 is 0 Å². The summed E-state index contributed by atoms with van der Waals surface area (Å²) in [6.07, 6.45) is 0.0205. The molecule has 1 saturated heterocycles. The van der Waals surface area contributed by atoms with Crippen molar-refractivity contribution in [2.75, 3.05) is 23.7 Å². The van der Waals surface area contributed by atoms with E-state index in [1.807, 2.05) is 25.6 Å². The summed E-state index contributed by atoms with van der Waals surface area (Å²) < 4.78 is 5.47. The number of rotatable bonds is 3. The minimum Gasteiger partial charge on any atom is -0.461 e. The lowest BCUT2D eigenvalue weighted by Gasteiger charge is -2.30. The second kappa shape index (κ2) is 5.93. The van der Waals surface area contributed by atoms with Crippen molar-refractivity contribution in [2.45, 2.75) is 32.1 Å². The predicted octanol–water partition coefficient (Wildman–Crippen LogP) is 2.25. The monoisotopic (exact) mass is 288 g/mol. The molecule has 18 heavy (non-hydrogen) atoms. The summed E-state index contributed by atoms with van der Waals surface area (Å²) in [4.78, 5) is 14.6. The average molecular weight is 289 g/mol. The minimum atomic E-state index is 0.0205. The molecule has 0 spiro atoms. The zero-order valence-corrected chi connectivity index (χ0v) is 12.3. The number of aromatic nitrogens is 3. The summed E-state index contributed by atoms with van der Waals surface area (Å²) >= 11 is 7.87. The van der Waals surface area contributed by atoms with Crippen molar-refractivity contribution in [3.05, 3.63) is 5.28 Å². The third-order valence-electron chi connectivity index (χ3n) is 2.44. The first-order chi connectivity index (χ1) is 8.54. The Morgan fingerprint density at radius 1 is 1.39 bits per heavy atom. The lowest BCUT2D eigenvalue weighted by molar-refractivity contribution is 0.221. The van der Waals surface area contributed by atoms with Gasteiger partial charge >= 0.3 is 6.01 Å². The van der Waals surface area contributed by atoms with Gasteiger partial charge in [-0.2, -0.15) is 26.7 Å². The molecular formula is C11H17ClN4OS. The van der Waals surface area contributed by atoms with Crippen LogP contribution >= 0.6 is 23.4 Å². The van der Waals surface area contributed by atoms with Crippen LogP contribution in [0.4, 0.5) is 5.95 Å². The van der Waals surface area contributed by atoms with Gasteiger partial charge in [0.2, 0.25) is 11.2 Å². The van der Waals surface area contributed by atoms with Crippen LogP contribution in [0.1, 0.15) is 20.8 Å². The first kappa shape index (κ1) is 13.7. The van der Waals surface area contributed by atoms with Crippen LogP contribution in [0.2, 0.25) is 5.28 Å². The molecule has 2 rings (SSSR count). The van der Waals surface area contributed by atoms with Gasteiger partial charge in [-0.1, -0.05) is 6.92 Å². The molecule has 1 aromatic rings. The highest BCUT2D eigenvalue weighted by molar-refractivity contribution is 8.00. The third-order valence-corrected chi connectivity index (χ3v) is 3.75. The lowest BCUT2D eigenvalue weighted by atomic mass is 10.4. The number of hydrogen-bond acceptors (Lipinski definition) is 6. The topological polar surface area (TPSA) is 51.1 Å². The van der Waals surface area contributed by atoms with Gasteiger partial charge < -0.3 is 9.64 Å². The smallest absolute Gasteiger partial charge is 0.322 e. The van der Waals surface area contributed by atoms with Crippen LogP contribution in [0.25, 0.3) is 0 Å². The Labute approximate surface area is 116 Å². The van der Waals surface area contributed by atoms with Crippen molar-refractivity contribution < 1.29 is 4.74 Å². The number of nitrogens with zero attached hydrogens (tertiary/aromatic N) is 4. The van der Waals surface area contributed by atoms with E-state index in [1.165, 1.54) is 0 Å². The fourth-order valence-electron chi connectivity index (χ4n) is 1.73. The van der Waals surface area contributed by atoms with E-state index in [2.05, 4.69) is 26.8 Å². The summed E-state index contributed by atoms with van der Waals surface area (Å²) in [7, 11) is 0. The molecule has 2 heterocycles. The zero-order chi connectivity index (χ0) is 13.1. The van der Waals surface area contributed by atoms with Crippen molar-refractivity contribution in [2.24, 2.45) is 0 Å². The summed E-state index contributed by atoms with van der Waals surface area (Å²) in [5.74, 6) is 1.68. The van der Waals surface area contributed by atoms with E-state index in [1.54, 1.807) is 0 Å². The Morgan fingerprint density at radius 3 is 2.83 bits per heavy atom. The van der Waals surface area contributed by atoms with Crippen LogP contribution in [-0.4, -0.2) is 45.1 Å². The standard InChI is InChI=1S/C11H17ClN4OS/c1-7(2)17-11-14-9(12)13-10(15-11)16-4-5-18-8(3)6-16/h7-8H,4-6H2,1-3H3. The van der Waals surface area contributed by atoms with Crippen LogP contribution in [0.15, 0.2) is 0 Å². The van der Waals surface area contributed by atoms with Gasteiger partial charge in [-0.05, 0) is 25.4 Å². The number of ether oxygens (including phenoxy) is 1. The quantitative estimate of drug-likeness (QED) is 0.850. The van der Waals surface area contributed by atoms with Crippen LogP contribution in [-0.2, 0) is 0 Å². The normalized spacial score (nSPS) is 20.3. The minimum absolute atomic E-state index is 0.0205. The van der Waals surface area contributed by atoms with Crippen molar-refractivity contribution in [1.82, 2.24) is 15.0 Å². The van der Waals surface area contributed by atoms with Crippen LogP contribution in [0.3, 0.4) is 0 Å². The maximum Gasteiger partial charge on any atom is 0.322 e. The Balaban J connectivity index is 2.18. The molecule has 1 unspecified atom stereocenters. The van der Waals surface area contributed by atoms with Gasteiger partial charge in [-0.3, -0.25) is 0 Å². The molecule has 0 saturated carbocycles. The molecule has 0 N–H and O–H groups in total. The van der Waals surface area contributed by atoms with E-state index in [0.717, 1.165) is 18.8 Å². The second-order valence-corrected chi connectivity index (χ2v) is 6.37. The SMILES string of the molecule is CC(C)Oc1nc(Cl)nc(N2CCSC(C)C2)n1. The van der Waals surface area contributed by atoms with E-state index in [-0.39, 0.29) is 11.4 Å². The highest BCUT2D eigenvalue weighted by Crippen LogP contribution is 2.23. The summed E-state index contributed by atoms with van der Waals surface area (Å²) in [5.41, 5.74) is 0. The molecule has 1 aliphatic rings. The van der Waals surface area contributed by atoms with Crippen molar-refractivity contribution in [3.8, 4) is 6.01 Å². The fraction of sp³-hybridized carbons (Fsp3) is 0.727. The summed E-state index contributed by atoms with van der Waals surface area (Å²) in [6, 6.07) is 0.297. The molecular weight excluding hydrogens is 272 g/mol. The number of hydrogen-bond donors (Lipinski definition) is 0. The molecule has 1 fully saturated rings. The first-order valence-corrected chi connectivity index (χ1v) is 7.42. The van der Waals surface area contributed by atoms with Gasteiger partial charge in [0.15, 0.2) is 0 Å². The molecule has 1 atom stereocenters. The van der Waals surface area contributed by atoms with Crippen molar-refractivity contribution in [3.63, 3.8) is 0 Å². The molecule has 0 aliphatic carbocycles. The second-order valence-electron chi connectivity index (χ2n) is 4.48. The predicted molar refractivity (Wildman–Crippen MR) is 74.7 cm³/mol. The van der Waals surface area contributed by atoms with Gasteiger partial charge in [0.1, 0.15) is 0 Å². The molecule has 0 radical (unpaired) electrons. The summed E-state index contributed by atoms with van der Waals surface area (Å²) in [5, 5.41) is 0.755. The first-order valence-electron chi connectivity index (χ1n) is 5.99. The van der Waals surface area contributed by atoms with E-state index in [0.29, 0.717) is 17.2 Å². The molecule has 7 heteroatoms. The Kier molecular flexibility index (Phi) is 4.50. The Bertz CT molecular complexity index is 418. The van der Waals surface area contributed by atoms with E-state index >= 15 is 0 Å². The van der Waals surface area contributed by atoms with Gasteiger partial charge in [0.05, 0.1) is 6.10 Å².